The topological polar surface area (TPSA) is 35.2 Å². The fourth-order valence-electron chi connectivity index (χ4n) is 2.08. The van der Waals surface area contributed by atoms with E-state index in [1.807, 2.05) is 0 Å². The Morgan fingerprint density at radius 1 is 1.12 bits per heavy atom. The number of methoxy groups -OCH3 is 1. The van der Waals surface area contributed by atoms with Crippen LogP contribution >= 0.6 is 0 Å². The molecule has 0 aromatic heterocycles. The van der Waals surface area contributed by atoms with Crippen molar-refractivity contribution in [1.82, 2.24) is 0 Å². The molecule has 0 heterocycles. The maximum Gasteiger partial charge on any atom is 0.122 e. The summed E-state index contributed by atoms with van der Waals surface area (Å²) in [6, 6.07) is 4.34. The predicted octanol–water partition coefficient (Wildman–Crippen LogP) is 2.98. The summed E-state index contributed by atoms with van der Waals surface area (Å²) in [4.78, 5) is 0. The molecule has 2 N–H and O–H groups in total. The van der Waals surface area contributed by atoms with Gasteiger partial charge in [0.1, 0.15) is 5.75 Å². The minimum Gasteiger partial charge on any atom is -0.496 e. The molecule has 90 valence electrons. The molecule has 0 aliphatic heterocycles. The van der Waals surface area contributed by atoms with E-state index >= 15 is 0 Å². The van der Waals surface area contributed by atoms with Gasteiger partial charge < -0.3 is 10.5 Å². The summed E-state index contributed by atoms with van der Waals surface area (Å²) in [7, 11) is 1.75. The quantitative estimate of drug-likeness (QED) is 0.749. The molecule has 0 saturated carbocycles. The molecule has 2 nitrogen and oxygen atoms in total. The van der Waals surface area contributed by atoms with Gasteiger partial charge in [-0.3, -0.25) is 0 Å². The van der Waals surface area contributed by atoms with Crippen molar-refractivity contribution in [3.8, 4) is 5.75 Å². The number of rotatable bonds is 6. The molecule has 0 spiro atoms. The van der Waals surface area contributed by atoms with Crippen LogP contribution in [0.4, 0.5) is 0 Å². The van der Waals surface area contributed by atoms with Gasteiger partial charge in [0, 0.05) is 0 Å². The SMILES string of the molecule is COc1cc(C)cc(C)c1CCCCCN. The van der Waals surface area contributed by atoms with Gasteiger partial charge in [0.05, 0.1) is 7.11 Å². The number of aryl methyl sites for hydroxylation is 2. The average molecular weight is 221 g/mol. The van der Waals surface area contributed by atoms with Crippen LogP contribution in [-0.2, 0) is 6.42 Å². The number of hydrogen-bond donors (Lipinski definition) is 1. The van der Waals surface area contributed by atoms with Gasteiger partial charge in [-0.05, 0) is 62.4 Å². The lowest BCUT2D eigenvalue weighted by molar-refractivity contribution is 0.408. The van der Waals surface area contributed by atoms with Gasteiger partial charge in [-0.15, -0.1) is 0 Å². The number of benzene rings is 1. The van der Waals surface area contributed by atoms with Crippen LogP contribution in [0.2, 0.25) is 0 Å². The second-order valence-electron chi connectivity index (χ2n) is 4.36. The van der Waals surface area contributed by atoms with Crippen molar-refractivity contribution >= 4 is 0 Å². The van der Waals surface area contributed by atoms with Crippen molar-refractivity contribution in [1.29, 1.82) is 0 Å². The van der Waals surface area contributed by atoms with Crippen LogP contribution in [0.3, 0.4) is 0 Å². The Balaban J connectivity index is 2.70. The molecule has 0 saturated heterocycles. The first-order chi connectivity index (χ1) is 7.69. The summed E-state index contributed by atoms with van der Waals surface area (Å²) in [5, 5.41) is 0. The number of unbranched alkanes of at least 4 members (excludes halogenated alkanes) is 2. The molecule has 0 aliphatic rings. The minimum atomic E-state index is 0.796. The average Bonchev–Trinajstić information content (AvgIpc) is 2.26. The Morgan fingerprint density at radius 2 is 1.88 bits per heavy atom. The smallest absolute Gasteiger partial charge is 0.122 e. The Hall–Kier alpha value is -1.02. The summed E-state index contributed by atoms with van der Waals surface area (Å²) in [5.74, 6) is 1.03. The van der Waals surface area contributed by atoms with E-state index < -0.39 is 0 Å². The molecule has 1 aromatic carbocycles. The molecule has 1 rings (SSSR count). The van der Waals surface area contributed by atoms with Crippen molar-refractivity contribution in [2.75, 3.05) is 13.7 Å². The molecule has 0 amide bonds. The van der Waals surface area contributed by atoms with Crippen LogP contribution < -0.4 is 10.5 Å². The summed E-state index contributed by atoms with van der Waals surface area (Å²) in [5.41, 5.74) is 9.44. The van der Waals surface area contributed by atoms with E-state index in [0.29, 0.717) is 0 Å². The Morgan fingerprint density at radius 3 is 2.50 bits per heavy atom. The van der Waals surface area contributed by atoms with E-state index in [0.717, 1.165) is 25.1 Å². The van der Waals surface area contributed by atoms with Crippen LogP contribution in [0.1, 0.15) is 36.0 Å². The van der Waals surface area contributed by atoms with Crippen molar-refractivity contribution in [2.45, 2.75) is 39.5 Å². The van der Waals surface area contributed by atoms with E-state index in [2.05, 4.69) is 26.0 Å². The first kappa shape index (κ1) is 13.0. The molecule has 0 unspecified atom stereocenters. The summed E-state index contributed by atoms with van der Waals surface area (Å²) in [6.07, 6.45) is 4.60. The highest BCUT2D eigenvalue weighted by molar-refractivity contribution is 5.43. The highest BCUT2D eigenvalue weighted by Gasteiger charge is 2.07. The van der Waals surface area contributed by atoms with E-state index in [1.54, 1.807) is 7.11 Å². The first-order valence-corrected chi connectivity index (χ1v) is 6.03. The van der Waals surface area contributed by atoms with Gasteiger partial charge in [0.15, 0.2) is 0 Å². The molecule has 16 heavy (non-hydrogen) atoms. The normalized spacial score (nSPS) is 10.5. The number of hydrogen-bond acceptors (Lipinski definition) is 2. The van der Waals surface area contributed by atoms with Crippen molar-refractivity contribution < 1.29 is 4.74 Å². The third-order valence-corrected chi connectivity index (χ3v) is 2.93. The minimum absolute atomic E-state index is 0.796. The van der Waals surface area contributed by atoms with E-state index in [1.165, 1.54) is 29.5 Å². The van der Waals surface area contributed by atoms with Gasteiger partial charge in [0.2, 0.25) is 0 Å². The highest BCUT2D eigenvalue weighted by atomic mass is 16.5. The van der Waals surface area contributed by atoms with E-state index in [4.69, 9.17) is 10.5 Å². The Kier molecular flexibility index (Phi) is 5.33. The standard InChI is InChI=1S/C14H23NO/c1-11-9-12(2)13(14(10-11)16-3)7-5-4-6-8-15/h9-10H,4-8,15H2,1-3H3. The van der Waals surface area contributed by atoms with Crippen molar-refractivity contribution in [3.05, 3.63) is 28.8 Å². The van der Waals surface area contributed by atoms with Crippen LogP contribution in [0.15, 0.2) is 12.1 Å². The monoisotopic (exact) mass is 221 g/mol. The zero-order chi connectivity index (χ0) is 12.0. The maximum atomic E-state index is 5.49. The van der Waals surface area contributed by atoms with Gasteiger partial charge in [-0.2, -0.15) is 0 Å². The number of nitrogens with two attached hydrogens (primary N) is 1. The highest BCUT2D eigenvalue weighted by Crippen LogP contribution is 2.25. The Bertz CT molecular complexity index is 334. The van der Waals surface area contributed by atoms with Crippen LogP contribution in [0.25, 0.3) is 0 Å². The van der Waals surface area contributed by atoms with Crippen LogP contribution in [0.5, 0.6) is 5.75 Å². The van der Waals surface area contributed by atoms with Crippen molar-refractivity contribution in [2.24, 2.45) is 5.73 Å². The predicted molar refractivity (Wildman–Crippen MR) is 69.1 cm³/mol. The third kappa shape index (κ3) is 3.53. The third-order valence-electron chi connectivity index (χ3n) is 2.93. The number of ether oxygens (including phenoxy) is 1. The second-order valence-corrected chi connectivity index (χ2v) is 4.36. The molecule has 0 aliphatic carbocycles. The molecule has 0 radical (unpaired) electrons. The fourth-order valence-corrected chi connectivity index (χ4v) is 2.08. The molecular formula is C14H23NO. The molecule has 2 heteroatoms. The summed E-state index contributed by atoms with van der Waals surface area (Å²) >= 11 is 0. The summed E-state index contributed by atoms with van der Waals surface area (Å²) in [6.45, 7) is 5.06. The Labute approximate surface area is 98.8 Å². The van der Waals surface area contributed by atoms with E-state index in [-0.39, 0.29) is 0 Å². The van der Waals surface area contributed by atoms with Gasteiger partial charge in [-0.25, -0.2) is 0 Å². The molecule has 0 bridgehead atoms. The first-order valence-electron chi connectivity index (χ1n) is 6.03. The van der Waals surface area contributed by atoms with Crippen LogP contribution in [-0.4, -0.2) is 13.7 Å². The fraction of sp³-hybridized carbons (Fsp3) is 0.571. The maximum absolute atomic E-state index is 5.49. The zero-order valence-electron chi connectivity index (χ0n) is 10.7. The molecule has 0 fully saturated rings. The second kappa shape index (κ2) is 6.54. The van der Waals surface area contributed by atoms with Gasteiger partial charge in [0.25, 0.3) is 0 Å². The van der Waals surface area contributed by atoms with Gasteiger partial charge >= 0.3 is 0 Å². The summed E-state index contributed by atoms with van der Waals surface area (Å²) < 4.78 is 5.44. The zero-order valence-corrected chi connectivity index (χ0v) is 10.7. The lowest BCUT2D eigenvalue weighted by Gasteiger charge is -2.12. The molecular weight excluding hydrogens is 198 g/mol. The molecule has 0 atom stereocenters. The van der Waals surface area contributed by atoms with Crippen LogP contribution in [0, 0.1) is 13.8 Å². The van der Waals surface area contributed by atoms with Crippen molar-refractivity contribution in [3.63, 3.8) is 0 Å². The lowest BCUT2D eigenvalue weighted by Crippen LogP contribution is -2.00. The molecule has 1 aromatic rings. The largest absolute Gasteiger partial charge is 0.496 e. The lowest BCUT2D eigenvalue weighted by atomic mass is 9.99. The van der Waals surface area contributed by atoms with E-state index in [9.17, 15) is 0 Å². The van der Waals surface area contributed by atoms with Gasteiger partial charge in [-0.1, -0.05) is 12.5 Å².